The van der Waals surface area contributed by atoms with Gasteiger partial charge in [-0.15, -0.1) is 0 Å². The number of aryl methyl sites for hydroxylation is 1. The lowest BCUT2D eigenvalue weighted by Gasteiger charge is -2.16. The number of thioether (sulfide) groups is 1. The summed E-state index contributed by atoms with van der Waals surface area (Å²) >= 11 is 1.34. The molecule has 1 rings (SSSR count). The Kier molecular flexibility index (Phi) is 4.31. The average Bonchev–Trinajstić information content (AvgIpc) is 2.21. The maximum Gasteiger partial charge on any atom is 0.273 e. The van der Waals surface area contributed by atoms with Crippen LogP contribution in [0, 0.1) is 6.92 Å². The molecule has 0 saturated carbocycles. The smallest absolute Gasteiger partial charge is 0.273 e. The van der Waals surface area contributed by atoms with Crippen molar-refractivity contribution in [3.05, 3.63) is 22.1 Å². The molecule has 1 atom stereocenters. The molecule has 0 aromatic carbocycles. The molecule has 1 aromatic rings. The van der Waals surface area contributed by atoms with Crippen molar-refractivity contribution in [2.24, 2.45) is 0 Å². The molecule has 6 heteroatoms. The molecule has 84 valence electrons. The third-order valence-corrected chi connectivity index (χ3v) is 2.66. The predicted octanol–water partition coefficient (Wildman–Crippen LogP) is -0.373. The Morgan fingerprint density at radius 2 is 2.33 bits per heavy atom. The van der Waals surface area contributed by atoms with Crippen molar-refractivity contribution in [1.82, 2.24) is 9.55 Å². The lowest BCUT2D eigenvalue weighted by molar-refractivity contribution is 0.0781. The Balaban J connectivity index is 3.09. The van der Waals surface area contributed by atoms with Crippen LogP contribution in [0.2, 0.25) is 0 Å². The van der Waals surface area contributed by atoms with Crippen molar-refractivity contribution < 1.29 is 10.2 Å². The van der Waals surface area contributed by atoms with Gasteiger partial charge < -0.3 is 14.8 Å². The number of aromatic nitrogens is 2. The standard InChI is InChI=1S/C9H14N2O3S/c1-6-3-8(14)10-9(15-2)11(6)4-7(13)5-12/h3,7,12-13H,4-5H2,1-2H3. The van der Waals surface area contributed by atoms with E-state index in [0.29, 0.717) is 5.16 Å². The fourth-order valence-electron chi connectivity index (χ4n) is 1.24. The Labute approximate surface area is 91.8 Å². The van der Waals surface area contributed by atoms with E-state index < -0.39 is 6.10 Å². The van der Waals surface area contributed by atoms with Gasteiger partial charge in [-0.2, -0.15) is 4.98 Å². The first-order chi connectivity index (χ1) is 7.08. The van der Waals surface area contributed by atoms with Gasteiger partial charge in [-0.3, -0.25) is 4.79 Å². The molecule has 1 aromatic heterocycles. The molecule has 0 aliphatic heterocycles. The van der Waals surface area contributed by atoms with Crippen LogP contribution in [0.25, 0.3) is 0 Å². The van der Waals surface area contributed by atoms with E-state index in [0.717, 1.165) is 5.69 Å². The van der Waals surface area contributed by atoms with Gasteiger partial charge in [0.1, 0.15) is 0 Å². The molecule has 15 heavy (non-hydrogen) atoms. The molecule has 1 unspecified atom stereocenters. The van der Waals surface area contributed by atoms with Crippen LogP contribution >= 0.6 is 11.8 Å². The summed E-state index contributed by atoms with van der Waals surface area (Å²) in [5.41, 5.74) is 0.443. The van der Waals surface area contributed by atoms with E-state index in [2.05, 4.69) is 4.98 Å². The number of aliphatic hydroxyl groups excluding tert-OH is 2. The summed E-state index contributed by atoms with van der Waals surface area (Å²) in [6.45, 7) is 1.71. The molecule has 0 fully saturated rings. The summed E-state index contributed by atoms with van der Waals surface area (Å²) < 4.78 is 1.72. The molecule has 0 bridgehead atoms. The fraction of sp³-hybridized carbons (Fsp3) is 0.556. The Bertz CT molecular complexity index is 391. The highest BCUT2D eigenvalue weighted by Gasteiger charge is 2.10. The van der Waals surface area contributed by atoms with Gasteiger partial charge in [0.25, 0.3) is 5.56 Å². The van der Waals surface area contributed by atoms with Crippen LogP contribution in [0.3, 0.4) is 0 Å². The zero-order valence-electron chi connectivity index (χ0n) is 8.67. The minimum atomic E-state index is -0.834. The minimum absolute atomic E-state index is 0.242. The van der Waals surface area contributed by atoms with Gasteiger partial charge in [0, 0.05) is 11.8 Å². The number of hydrogen-bond donors (Lipinski definition) is 2. The zero-order chi connectivity index (χ0) is 11.4. The van der Waals surface area contributed by atoms with Crippen LogP contribution in [0.15, 0.2) is 16.0 Å². The maximum atomic E-state index is 11.1. The van der Waals surface area contributed by atoms with E-state index in [1.54, 1.807) is 11.5 Å². The van der Waals surface area contributed by atoms with Crippen LogP contribution in [-0.4, -0.2) is 38.7 Å². The van der Waals surface area contributed by atoms with Crippen molar-refractivity contribution in [3.8, 4) is 0 Å². The summed E-state index contributed by atoms with van der Waals surface area (Å²) in [6, 6.07) is 1.41. The molecule has 1 heterocycles. The fourth-order valence-corrected chi connectivity index (χ4v) is 1.86. The molecular weight excluding hydrogens is 216 g/mol. The lowest BCUT2D eigenvalue weighted by atomic mass is 10.3. The highest BCUT2D eigenvalue weighted by molar-refractivity contribution is 7.98. The Morgan fingerprint density at radius 1 is 1.67 bits per heavy atom. The van der Waals surface area contributed by atoms with E-state index in [4.69, 9.17) is 5.11 Å². The molecule has 0 saturated heterocycles. The highest BCUT2D eigenvalue weighted by atomic mass is 32.2. The SMILES string of the molecule is CSc1nc(=O)cc(C)n1CC(O)CO. The predicted molar refractivity (Wildman–Crippen MR) is 58.1 cm³/mol. The van der Waals surface area contributed by atoms with Crippen LogP contribution in [0.5, 0.6) is 0 Å². The molecule has 0 amide bonds. The molecule has 2 N–H and O–H groups in total. The van der Waals surface area contributed by atoms with E-state index in [-0.39, 0.29) is 18.7 Å². The largest absolute Gasteiger partial charge is 0.394 e. The Hall–Kier alpha value is -0.850. The first-order valence-electron chi connectivity index (χ1n) is 4.50. The summed E-state index contributed by atoms with van der Waals surface area (Å²) in [7, 11) is 0. The third-order valence-electron chi connectivity index (χ3n) is 1.98. The molecule has 0 radical (unpaired) electrons. The lowest BCUT2D eigenvalue weighted by Crippen LogP contribution is -2.25. The van der Waals surface area contributed by atoms with E-state index in [1.807, 2.05) is 6.26 Å². The van der Waals surface area contributed by atoms with Crippen molar-refractivity contribution in [2.45, 2.75) is 24.7 Å². The van der Waals surface area contributed by atoms with E-state index >= 15 is 0 Å². The minimum Gasteiger partial charge on any atom is -0.394 e. The Morgan fingerprint density at radius 3 is 2.87 bits per heavy atom. The summed E-state index contributed by atoms with van der Waals surface area (Å²) in [4.78, 5) is 14.9. The number of rotatable bonds is 4. The summed E-state index contributed by atoms with van der Waals surface area (Å²) in [6.07, 6.45) is 0.974. The molecule has 5 nitrogen and oxygen atoms in total. The van der Waals surface area contributed by atoms with Crippen LogP contribution in [0.4, 0.5) is 0 Å². The van der Waals surface area contributed by atoms with Gasteiger partial charge in [-0.05, 0) is 13.2 Å². The van der Waals surface area contributed by atoms with Crippen LogP contribution in [-0.2, 0) is 6.54 Å². The average molecular weight is 230 g/mol. The molecular formula is C9H14N2O3S. The van der Waals surface area contributed by atoms with Crippen molar-refractivity contribution in [2.75, 3.05) is 12.9 Å². The van der Waals surface area contributed by atoms with Gasteiger partial charge in [0.2, 0.25) is 0 Å². The second-order valence-electron chi connectivity index (χ2n) is 3.17. The van der Waals surface area contributed by atoms with Crippen molar-refractivity contribution in [3.63, 3.8) is 0 Å². The second kappa shape index (κ2) is 5.29. The number of hydrogen-bond acceptors (Lipinski definition) is 5. The van der Waals surface area contributed by atoms with Gasteiger partial charge in [0.15, 0.2) is 5.16 Å². The normalized spacial score (nSPS) is 12.8. The van der Waals surface area contributed by atoms with Crippen LogP contribution in [0.1, 0.15) is 5.69 Å². The van der Waals surface area contributed by atoms with Gasteiger partial charge >= 0.3 is 0 Å². The van der Waals surface area contributed by atoms with Gasteiger partial charge in [-0.25, -0.2) is 0 Å². The van der Waals surface area contributed by atoms with Gasteiger partial charge in [-0.1, -0.05) is 11.8 Å². The monoisotopic (exact) mass is 230 g/mol. The quantitative estimate of drug-likeness (QED) is 0.545. The molecule has 0 aliphatic carbocycles. The molecule has 0 aliphatic rings. The third kappa shape index (κ3) is 3.05. The van der Waals surface area contributed by atoms with E-state index in [9.17, 15) is 9.90 Å². The first kappa shape index (κ1) is 12.2. The topological polar surface area (TPSA) is 75.4 Å². The maximum absolute atomic E-state index is 11.1. The summed E-state index contributed by atoms with van der Waals surface area (Å²) in [5.74, 6) is 0. The number of aliphatic hydroxyl groups is 2. The van der Waals surface area contributed by atoms with Gasteiger partial charge in [0.05, 0.1) is 19.3 Å². The summed E-state index contributed by atoms with van der Waals surface area (Å²) in [5, 5.41) is 18.6. The number of nitrogens with zero attached hydrogens (tertiary/aromatic N) is 2. The van der Waals surface area contributed by atoms with Crippen molar-refractivity contribution >= 4 is 11.8 Å². The highest BCUT2D eigenvalue weighted by Crippen LogP contribution is 2.12. The molecule has 0 spiro atoms. The van der Waals surface area contributed by atoms with Crippen LogP contribution < -0.4 is 5.56 Å². The first-order valence-corrected chi connectivity index (χ1v) is 5.72. The van der Waals surface area contributed by atoms with Crippen molar-refractivity contribution in [1.29, 1.82) is 0 Å². The zero-order valence-corrected chi connectivity index (χ0v) is 9.49. The van der Waals surface area contributed by atoms with E-state index in [1.165, 1.54) is 17.8 Å². The second-order valence-corrected chi connectivity index (χ2v) is 3.94.